The van der Waals surface area contributed by atoms with Crippen molar-refractivity contribution in [2.75, 3.05) is 33.9 Å². The van der Waals surface area contributed by atoms with Crippen LogP contribution in [0.3, 0.4) is 0 Å². The average Bonchev–Trinajstić information content (AvgIpc) is 3.49. The van der Waals surface area contributed by atoms with Crippen molar-refractivity contribution in [3.05, 3.63) is 48.0 Å². The van der Waals surface area contributed by atoms with Crippen molar-refractivity contribution in [3.8, 4) is 17.4 Å². The summed E-state index contributed by atoms with van der Waals surface area (Å²) in [5.41, 5.74) is 2.41. The molecular formula is C25H29N5O5. The van der Waals surface area contributed by atoms with Crippen LogP contribution in [0.25, 0.3) is 10.9 Å². The highest BCUT2D eigenvalue weighted by molar-refractivity contribution is 5.99. The Bertz CT molecular complexity index is 1260. The van der Waals surface area contributed by atoms with Crippen LogP contribution in [0.1, 0.15) is 25.3 Å². The van der Waals surface area contributed by atoms with E-state index >= 15 is 0 Å². The number of carbonyl (C=O) groups is 1. The Hall–Kier alpha value is -3.92. The van der Waals surface area contributed by atoms with Gasteiger partial charge in [-0.2, -0.15) is 0 Å². The molecule has 1 fully saturated rings. The number of hydrogen-bond donors (Lipinski definition) is 1. The summed E-state index contributed by atoms with van der Waals surface area (Å²) in [5.74, 6) is 0.529. The first-order chi connectivity index (χ1) is 17.0. The molecule has 2 heterocycles. The lowest BCUT2D eigenvalue weighted by molar-refractivity contribution is -0.122. The normalized spacial score (nSPS) is 14.7. The number of benzene rings is 2. The number of para-hydroxylation sites is 1. The lowest BCUT2D eigenvalue weighted by Gasteiger charge is -2.17. The van der Waals surface area contributed by atoms with E-state index in [-0.39, 0.29) is 18.2 Å². The van der Waals surface area contributed by atoms with E-state index in [4.69, 9.17) is 14.3 Å². The molecule has 1 N–H and O–H groups in total. The summed E-state index contributed by atoms with van der Waals surface area (Å²) in [5, 5.41) is 23.3. The first-order valence-electron chi connectivity index (χ1n) is 11.4. The number of fused-ring (bicyclic) bond motifs is 1. The minimum Gasteiger partial charge on any atom is -0.493 e. The maximum absolute atomic E-state index is 12.3. The van der Waals surface area contributed by atoms with Crippen LogP contribution >= 0.6 is 0 Å². The van der Waals surface area contributed by atoms with E-state index in [1.165, 1.54) is 0 Å². The van der Waals surface area contributed by atoms with Gasteiger partial charge >= 0.3 is 5.91 Å². The zero-order chi connectivity index (χ0) is 24.8. The number of likely N-dealkylation sites (tertiary alicyclic amines) is 1. The second-order valence-corrected chi connectivity index (χ2v) is 8.20. The fraction of sp³-hybridized carbons (Fsp3) is 0.360. The van der Waals surface area contributed by atoms with Gasteiger partial charge in [0.2, 0.25) is 5.88 Å². The van der Waals surface area contributed by atoms with Crippen molar-refractivity contribution >= 4 is 28.2 Å². The molecule has 0 aliphatic carbocycles. The van der Waals surface area contributed by atoms with Gasteiger partial charge in [-0.15, -0.1) is 10.2 Å². The Morgan fingerprint density at radius 3 is 2.54 bits per heavy atom. The van der Waals surface area contributed by atoms with Gasteiger partial charge in [0, 0.05) is 10.9 Å². The maximum Gasteiger partial charge on any atom is 0.304 e. The Morgan fingerprint density at radius 2 is 1.80 bits per heavy atom. The molecule has 0 unspecified atom stereocenters. The number of aromatic hydroxyl groups is 1. The molecule has 0 saturated carbocycles. The number of oxime groups is 1. The average molecular weight is 480 g/mol. The largest absolute Gasteiger partial charge is 0.493 e. The topological polar surface area (TPSA) is 110 Å². The van der Waals surface area contributed by atoms with Crippen LogP contribution in [0.2, 0.25) is 0 Å². The molecule has 1 amide bonds. The molecule has 1 aromatic heterocycles. The molecule has 35 heavy (non-hydrogen) atoms. The van der Waals surface area contributed by atoms with Crippen LogP contribution in [0.5, 0.6) is 17.4 Å². The van der Waals surface area contributed by atoms with Gasteiger partial charge in [0.1, 0.15) is 0 Å². The molecule has 0 spiro atoms. The van der Waals surface area contributed by atoms with Gasteiger partial charge in [0.15, 0.2) is 23.8 Å². The third-order valence-corrected chi connectivity index (χ3v) is 5.91. The lowest BCUT2D eigenvalue weighted by atomic mass is 10.1. The van der Waals surface area contributed by atoms with Crippen LogP contribution in [0.15, 0.2) is 57.8 Å². The molecule has 0 bridgehead atoms. The van der Waals surface area contributed by atoms with E-state index in [1.807, 2.05) is 30.3 Å². The molecule has 3 aromatic rings. The summed E-state index contributed by atoms with van der Waals surface area (Å²) < 4.78 is 12.3. The first kappa shape index (κ1) is 24.2. The highest BCUT2D eigenvalue weighted by Crippen LogP contribution is 2.39. The monoisotopic (exact) mass is 479 g/mol. The molecule has 0 atom stereocenters. The summed E-state index contributed by atoms with van der Waals surface area (Å²) in [6.07, 6.45) is 2.30. The predicted octanol–water partition coefficient (Wildman–Crippen LogP) is 4.47. The van der Waals surface area contributed by atoms with Crippen molar-refractivity contribution < 1.29 is 24.2 Å². The number of aromatic nitrogens is 1. The van der Waals surface area contributed by atoms with Crippen molar-refractivity contribution in [1.29, 1.82) is 0 Å². The molecule has 184 valence electrons. The first-order valence-corrected chi connectivity index (χ1v) is 11.4. The third-order valence-electron chi connectivity index (χ3n) is 5.91. The van der Waals surface area contributed by atoms with Crippen molar-refractivity contribution in [2.24, 2.45) is 15.4 Å². The van der Waals surface area contributed by atoms with E-state index in [1.54, 1.807) is 37.8 Å². The molecule has 1 aliphatic heterocycles. The second-order valence-electron chi connectivity index (χ2n) is 8.20. The lowest BCUT2D eigenvalue weighted by Crippen LogP contribution is -2.22. The fourth-order valence-electron chi connectivity index (χ4n) is 4.07. The van der Waals surface area contributed by atoms with Gasteiger partial charge in [0.25, 0.3) is 0 Å². The Labute approximate surface area is 203 Å². The van der Waals surface area contributed by atoms with Gasteiger partial charge in [-0.25, -0.2) is 0 Å². The number of azo groups is 1. The van der Waals surface area contributed by atoms with Crippen LogP contribution in [-0.4, -0.2) is 60.1 Å². The van der Waals surface area contributed by atoms with Crippen molar-refractivity contribution in [2.45, 2.75) is 26.4 Å². The van der Waals surface area contributed by atoms with Gasteiger partial charge in [-0.05, 0) is 57.1 Å². The van der Waals surface area contributed by atoms with Crippen LogP contribution in [-0.2, 0) is 16.3 Å². The third kappa shape index (κ3) is 5.43. The van der Waals surface area contributed by atoms with Crippen molar-refractivity contribution in [1.82, 2.24) is 9.47 Å². The Balaban J connectivity index is 1.43. The summed E-state index contributed by atoms with van der Waals surface area (Å²) in [4.78, 5) is 19.7. The summed E-state index contributed by atoms with van der Waals surface area (Å²) in [7, 11) is 3.11. The molecule has 1 aliphatic rings. The summed E-state index contributed by atoms with van der Waals surface area (Å²) in [6, 6.07) is 12.9. The highest BCUT2D eigenvalue weighted by Gasteiger charge is 2.20. The van der Waals surface area contributed by atoms with Crippen LogP contribution in [0.4, 0.5) is 5.69 Å². The molecule has 1 saturated heterocycles. The molecule has 0 radical (unpaired) electrons. The zero-order valence-corrected chi connectivity index (χ0v) is 20.1. The minimum absolute atomic E-state index is 0.0158. The van der Waals surface area contributed by atoms with Gasteiger partial charge < -0.3 is 19.4 Å². The quantitative estimate of drug-likeness (QED) is 0.275. The van der Waals surface area contributed by atoms with Gasteiger partial charge in [-0.1, -0.05) is 23.4 Å². The van der Waals surface area contributed by atoms with E-state index in [2.05, 4.69) is 20.3 Å². The number of nitrogens with zero attached hydrogens (tertiary/aromatic N) is 5. The summed E-state index contributed by atoms with van der Waals surface area (Å²) in [6.45, 7) is 3.90. The fourth-order valence-corrected chi connectivity index (χ4v) is 4.07. The summed E-state index contributed by atoms with van der Waals surface area (Å²) >= 11 is 0. The Kier molecular flexibility index (Phi) is 7.61. The molecule has 10 heteroatoms. The zero-order valence-electron chi connectivity index (χ0n) is 20.1. The van der Waals surface area contributed by atoms with Gasteiger partial charge in [0.05, 0.1) is 32.1 Å². The molecule has 2 aromatic carbocycles. The van der Waals surface area contributed by atoms with Gasteiger partial charge in [-0.3, -0.25) is 14.3 Å². The molecular weight excluding hydrogens is 450 g/mol. The van der Waals surface area contributed by atoms with Crippen molar-refractivity contribution in [3.63, 3.8) is 0 Å². The number of amides is 1. The van der Waals surface area contributed by atoms with Crippen LogP contribution < -0.4 is 9.47 Å². The SMILES string of the molecule is COc1ccc(/C(C)=N/OCC(=O)N=Nc2c(O)n(CN3CCCC3)c3ccccc23)cc1OC. The highest BCUT2D eigenvalue weighted by atomic mass is 16.6. The number of methoxy groups -OCH3 is 2. The van der Waals surface area contributed by atoms with E-state index in [9.17, 15) is 9.90 Å². The predicted molar refractivity (Wildman–Crippen MR) is 132 cm³/mol. The Morgan fingerprint density at radius 1 is 1.06 bits per heavy atom. The number of rotatable bonds is 9. The van der Waals surface area contributed by atoms with Crippen LogP contribution in [0, 0.1) is 0 Å². The smallest absolute Gasteiger partial charge is 0.304 e. The number of carbonyl (C=O) groups excluding carboxylic acids is 1. The molecule has 4 rings (SSSR count). The van der Waals surface area contributed by atoms with E-state index < -0.39 is 5.91 Å². The second kappa shape index (κ2) is 11.0. The van der Waals surface area contributed by atoms with E-state index in [0.29, 0.717) is 23.9 Å². The standard InChI is InChI=1S/C25H29N5O5/c1-17(18-10-11-21(33-2)22(14-18)34-3)28-35-15-23(31)26-27-24-19-8-4-5-9-20(19)30(25(24)32)16-29-12-6-7-13-29/h4-5,8-11,14,32H,6-7,12-13,15-16H2,1-3H3/b27-26?,28-17+. The number of ether oxygens (including phenoxy) is 2. The van der Waals surface area contributed by atoms with E-state index in [0.717, 1.165) is 42.4 Å². The molecule has 10 nitrogen and oxygen atoms in total. The maximum atomic E-state index is 12.3. The minimum atomic E-state index is -0.621. The number of hydrogen-bond acceptors (Lipinski definition) is 8.